The first-order chi connectivity index (χ1) is 23.8. The number of hydrogen-bond acceptors (Lipinski definition) is 2. The Morgan fingerprint density at radius 2 is 0.521 bits per heavy atom. The molecule has 0 radical (unpaired) electrons. The molecule has 0 saturated carbocycles. The average molecular weight is 615 g/mol. The topological polar surface area (TPSA) is 6.48 Å². The van der Waals surface area contributed by atoms with Crippen LogP contribution in [0.5, 0.6) is 0 Å². The second-order valence-electron chi connectivity index (χ2n) is 11.9. The first-order valence-electron chi connectivity index (χ1n) is 16.4. The van der Waals surface area contributed by atoms with Crippen LogP contribution in [-0.2, 0) is 0 Å². The van der Waals surface area contributed by atoms with Crippen molar-refractivity contribution in [3.63, 3.8) is 0 Å². The first-order valence-corrected chi connectivity index (χ1v) is 16.4. The minimum Gasteiger partial charge on any atom is -0.311 e. The largest absolute Gasteiger partial charge is 0.311 e. The van der Waals surface area contributed by atoms with E-state index in [1.807, 2.05) is 0 Å². The maximum atomic E-state index is 2.33. The number of fused-ring (bicyclic) bond motifs is 1. The zero-order chi connectivity index (χ0) is 32.1. The highest BCUT2D eigenvalue weighted by Gasteiger charge is 2.15. The molecule has 48 heavy (non-hydrogen) atoms. The smallest absolute Gasteiger partial charge is 0.0468 e. The Morgan fingerprint density at radius 3 is 1.02 bits per heavy atom. The fourth-order valence-corrected chi connectivity index (χ4v) is 6.41. The van der Waals surface area contributed by atoms with Crippen molar-refractivity contribution in [3.05, 3.63) is 206 Å². The van der Waals surface area contributed by atoms with Crippen LogP contribution in [0.1, 0.15) is 0 Å². The van der Waals surface area contributed by atoms with Crippen LogP contribution < -0.4 is 9.80 Å². The summed E-state index contributed by atoms with van der Waals surface area (Å²) in [5, 5.41) is 2.41. The molecule has 2 nitrogen and oxygen atoms in total. The Balaban J connectivity index is 1.11. The molecule has 0 aliphatic carbocycles. The van der Waals surface area contributed by atoms with Crippen molar-refractivity contribution >= 4 is 44.9 Å². The van der Waals surface area contributed by atoms with Crippen LogP contribution in [-0.4, -0.2) is 0 Å². The zero-order valence-corrected chi connectivity index (χ0v) is 26.5. The van der Waals surface area contributed by atoms with Crippen molar-refractivity contribution in [1.29, 1.82) is 0 Å². The van der Waals surface area contributed by atoms with Gasteiger partial charge in [0.05, 0.1) is 0 Å². The molecule has 0 aromatic heterocycles. The van der Waals surface area contributed by atoms with E-state index in [9.17, 15) is 0 Å². The molecule has 0 aliphatic rings. The van der Waals surface area contributed by atoms with Crippen molar-refractivity contribution in [3.8, 4) is 22.3 Å². The minimum atomic E-state index is 1.12. The van der Waals surface area contributed by atoms with Gasteiger partial charge in [-0.05, 0) is 112 Å². The molecule has 0 spiro atoms. The summed E-state index contributed by atoms with van der Waals surface area (Å²) in [6.07, 6.45) is 0. The molecule has 0 amide bonds. The lowest BCUT2D eigenvalue weighted by molar-refractivity contribution is 1.28. The maximum absolute atomic E-state index is 2.33. The lowest BCUT2D eigenvalue weighted by Crippen LogP contribution is -2.09. The zero-order valence-electron chi connectivity index (χ0n) is 26.5. The van der Waals surface area contributed by atoms with Gasteiger partial charge in [-0.25, -0.2) is 0 Å². The third-order valence-corrected chi connectivity index (χ3v) is 8.82. The molecule has 8 aromatic carbocycles. The van der Waals surface area contributed by atoms with Crippen LogP contribution in [0.3, 0.4) is 0 Å². The van der Waals surface area contributed by atoms with Crippen molar-refractivity contribution in [1.82, 2.24) is 0 Å². The van der Waals surface area contributed by atoms with E-state index in [1.54, 1.807) is 0 Å². The van der Waals surface area contributed by atoms with Crippen molar-refractivity contribution in [2.75, 3.05) is 9.80 Å². The first kappa shape index (κ1) is 29.1. The van der Waals surface area contributed by atoms with Gasteiger partial charge in [-0.15, -0.1) is 0 Å². The second-order valence-corrected chi connectivity index (χ2v) is 11.9. The van der Waals surface area contributed by atoms with Gasteiger partial charge in [0, 0.05) is 34.1 Å². The molecular weight excluding hydrogens is 581 g/mol. The van der Waals surface area contributed by atoms with Gasteiger partial charge < -0.3 is 9.80 Å². The van der Waals surface area contributed by atoms with E-state index in [0.29, 0.717) is 0 Å². The van der Waals surface area contributed by atoms with Gasteiger partial charge in [-0.1, -0.05) is 127 Å². The molecular formula is C46H34N2. The summed E-state index contributed by atoms with van der Waals surface area (Å²) in [6, 6.07) is 73.4. The monoisotopic (exact) mass is 614 g/mol. The van der Waals surface area contributed by atoms with Gasteiger partial charge in [0.2, 0.25) is 0 Å². The highest BCUT2D eigenvalue weighted by Crippen LogP contribution is 2.39. The molecule has 0 saturated heterocycles. The van der Waals surface area contributed by atoms with Crippen molar-refractivity contribution in [2.45, 2.75) is 0 Å². The van der Waals surface area contributed by atoms with Crippen LogP contribution in [0.15, 0.2) is 206 Å². The fourth-order valence-electron chi connectivity index (χ4n) is 6.41. The molecule has 0 fully saturated rings. The SMILES string of the molecule is c1ccc(-c2ccc(N(c3ccccc3)c3ccc4cc(-c5ccc(N(c6ccccc6)c6ccccc6)cc5)ccc4c3)cc2)cc1. The Kier molecular flexibility index (Phi) is 7.96. The quantitative estimate of drug-likeness (QED) is 0.168. The van der Waals surface area contributed by atoms with E-state index < -0.39 is 0 Å². The fraction of sp³-hybridized carbons (Fsp3) is 0. The van der Waals surface area contributed by atoms with E-state index in [2.05, 4.69) is 216 Å². The van der Waals surface area contributed by atoms with Crippen molar-refractivity contribution < 1.29 is 0 Å². The number of anilines is 6. The highest BCUT2D eigenvalue weighted by atomic mass is 15.1. The number of para-hydroxylation sites is 3. The molecule has 0 bridgehead atoms. The van der Waals surface area contributed by atoms with E-state index in [-0.39, 0.29) is 0 Å². The van der Waals surface area contributed by atoms with E-state index in [1.165, 1.54) is 33.0 Å². The summed E-state index contributed by atoms with van der Waals surface area (Å²) in [7, 11) is 0. The van der Waals surface area contributed by atoms with E-state index in [4.69, 9.17) is 0 Å². The molecule has 228 valence electrons. The molecule has 0 unspecified atom stereocenters. The number of nitrogens with zero attached hydrogens (tertiary/aromatic N) is 2. The Morgan fingerprint density at radius 1 is 0.208 bits per heavy atom. The maximum Gasteiger partial charge on any atom is 0.0468 e. The summed E-state index contributed by atoms with van der Waals surface area (Å²) < 4.78 is 0. The number of benzene rings is 8. The van der Waals surface area contributed by atoms with Crippen LogP contribution in [0.4, 0.5) is 34.1 Å². The van der Waals surface area contributed by atoms with Crippen LogP contribution in [0.2, 0.25) is 0 Å². The molecule has 0 heterocycles. The normalized spacial score (nSPS) is 10.9. The third-order valence-electron chi connectivity index (χ3n) is 8.82. The van der Waals surface area contributed by atoms with Gasteiger partial charge in [0.25, 0.3) is 0 Å². The Bertz CT molecular complexity index is 2210. The molecule has 0 aliphatic heterocycles. The van der Waals surface area contributed by atoms with E-state index in [0.717, 1.165) is 34.1 Å². The summed E-state index contributed by atoms with van der Waals surface area (Å²) in [4.78, 5) is 4.62. The van der Waals surface area contributed by atoms with E-state index >= 15 is 0 Å². The molecule has 0 atom stereocenters. The van der Waals surface area contributed by atoms with Gasteiger partial charge in [-0.2, -0.15) is 0 Å². The van der Waals surface area contributed by atoms with Crippen LogP contribution in [0, 0.1) is 0 Å². The average Bonchev–Trinajstić information content (AvgIpc) is 3.17. The number of rotatable bonds is 8. The van der Waals surface area contributed by atoms with Gasteiger partial charge in [-0.3, -0.25) is 0 Å². The Labute approximate surface area is 282 Å². The van der Waals surface area contributed by atoms with Gasteiger partial charge in [0.15, 0.2) is 0 Å². The van der Waals surface area contributed by atoms with Crippen LogP contribution in [0.25, 0.3) is 33.0 Å². The lowest BCUT2D eigenvalue weighted by atomic mass is 10.00. The minimum absolute atomic E-state index is 1.12. The molecule has 2 heteroatoms. The highest BCUT2D eigenvalue weighted by molar-refractivity contribution is 5.92. The molecule has 8 rings (SSSR count). The predicted molar refractivity (Wildman–Crippen MR) is 204 cm³/mol. The summed E-state index contributed by atoms with van der Waals surface area (Å²) in [5.74, 6) is 0. The molecule has 0 N–H and O–H groups in total. The summed E-state index contributed by atoms with van der Waals surface area (Å²) in [5.41, 5.74) is 11.6. The number of hydrogen-bond donors (Lipinski definition) is 0. The standard InChI is InChI=1S/C46H34N2/c1-5-13-35(14-6-1)36-23-28-45(29-24-36)48(43-19-11-4-12-20-43)46-32-27-39-33-38(21-22-40(39)34-46)37-25-30-44(31-26-37)47(41-15-7-2-8-16-41)42-17-9-3-10-18-42/h1-34H. The Hall–Kier alpha value is -6.38. The predicted octanol–water partition coefficient (Wildman–Crippen LogP) is 13.1. The van der Waals surface area contributed by atoms with Crippen LogP contribution >= 0.6 is 0 Å². The second kappa shape index (κ2) is 13.2. The summed E-state index contributed by atoms with van der Waals surface area (Å²) >= 11 is 0. The summed E-state index contributed by atoms with van der Waals surface area (Å²) in [6.45, 7) is 0. The van der Waals surface area contributed by atoms with Crippen molar-refractivity contribution in [2.24, 2.45) is 0 Å². The lowest BCUT2D eigenvalue weighted by Gasteiger charge is -2.26. The third kappa shape index (κ3) is 5.95. The van der Waals surface area contributed by atoms with Gasteiger partial charge in [0.1, 0.15) is 0 Å². The van der Waals surface area contributed by atoms with Gasteiger partial charge >= 0.3 is 0 Å². The molecule has 8 aromatic rings.